The fraction of sp³-hybridized carbons (Fsp3) is 0.200. The highest BCUT2D eigenvalue weighted by Crippen LogP contribution is 2.31. The van der Waals surface area contributed by atoms with Gasteiger partial charge < -0.3 is 15.5 Å². The van der Waals surface area contributed by atoms with Crippen LogP contribution >= 0.6 is 23.2 Å². The van der Waals surface area contributed by atoms with Crippen molar-refractivity contribution in [2.75, 3.05) is 5.32 Å². The Morgan fingerprint density at radius 1 is 1.35 bits per heavy atom. The fourth-order valence-electron chi connectivity index (χ4n) is 1.18. The van der Waals surface area contributed by atoms with Gasteiger partial charge >= 0.3 is 6.01 Å². The van der Waals surface area contributed by atoms with Gasteiger partial charge in [-0.05, 0) is 19.1 Å². The van der Waals surface area contributed by atoms with Crippen LogP contribution in [0.4, 0.5) is 11.7 Å². The second-order valence-electron chi connectivity index (χ2n) is 3.46. The summed E-state index contributed by atoms with van der Waals surface area (Å²) in [6.45, 7) is 1.75. The molecular formula is C10H10Cl2N4O. The molecule has 90 valence electrons. The van der Waals surface area contributed by atoms with Crippen LogP contribution in [0.25, 0.3) is 0 Å². The van der Waals surface area contributed by atoms with Gasteiger partial charge in [0.25, 0.3) is 0 Å². The first-order valence-electron chi connectivity index (χ1n) is 4.88. The Hall–Kier alpha value is -1.30. The zero-order chi connectivity index (χ0) is 12.4. The summed E-state index contributed by atoms with van der Waals surface area (Å²) in [5, 5.41) is 11.3. The van der Waals surface area contributed by atoms with Crippen LogP contribution in [0.15, 0.2) is 22.6 Å². The van der Waals surface area contributed by atoms with E-state index < -0.39 is 0 Å². The molecule has 5 nitrogen and oxygen atoms in total. The molecule has 2 rings (SSSR count). The maximum Gasteiger partial charge on any atom is 0.320 e. The van der Waals surface area contributed by atoms with Crippen molar-refractivity contribution in [2.45, 2.75) is 13.0 Å². The molecule has 3 N–H and O–H groups in total. The summed E-state index contributed by atoms with van der Waals surface area (Å²) < 4.78 is 5.28. The van der Waals surface area contributed by atoms with E-state index in [0.717, 1.165) is 0 Å². The number of rotatable bonds is 3. The minimum Gasteiger partial charge on any atom is -0.406 e. The number of nitrogens with one attached hydrogen (secondary N) is 1. The lowest BCUT2D eigenvalue weighted by Crippen LogP contribution is -2.04. The predicted molar refractivity (Wildman–Crippen MR) is 66.6 cm³/mol. The smallest absolute Gasteiger partial charge is 0.320 e. The number of nitrogens with zero attached hydrogens (tertiary/aromatic N) is 2. The minimum atomic E-state index is -0.312. The lowest BCUT2D eigenvalue weighted by atomic mass is 10.3. The van der Waals surface area contributed by atoms with Crippen molar-refractivity contribution < 1.29 is 4.42 Å². The van der Waals surface area contributed by atoms with Gasteiger partial charge in [-0.15, -0.1) is 5.10 Å². The van der Waals surface area contributed by atoms with Gasteiger partial charge in [0, 0.05) is 0 Å². The van der Waals surface area contributed by atoms with Gasteiger partial charge in [0.1, 0.15) is 0 Å². The quantitative estimate of drug-likeness (QED) is 0.898. The molecule has 0 fully saturated rings. The first kappa shape index (κ1) is 12.2. The van der Waals surface area contributed by atoms with Gasteiger partial charge in [0.15, 0.2) is 0 Å². The van der Waals surface area contributed by atoms with Gasteiger partial charge in [0.05, 0.1) is 21.8 Å². The molecule has 1 unspecified atom stereocenters. The van der Waals surface area contributed by atoms with Crippen LogP contribution in [0.1, 0.15) is 18.9 Å². The zero-order valence-corrected chi connectivity index (χ0v) is 10.5. The Kier molecular flexibility index (Phi) is 3.51. The number of nitrogens with two attached hydrogens (primary N) is 1. The molecule has 0 aliphatic heterocycles. The second kappa shape index (κ2) is 4.91. The first-order valence-corrected chi connectivity index (χ1v) is 5.63. The van der Waals surface area contributed by atoms with E-state index in [1.165, 1.54) is 0 Å². The second-order valence-corrected chi connectivity index (χ2v) is 4.25. The molecule has 0 amide bonds. The predicted octanol–water partition coefficient (Wildman–Crippen LogP) is 3.14. The number of benzene rings is 1. The van der Waals surface area contributed by atoms with E-state index in [4.69, 9.17) is 33.4 Å². The van der Waals surface area contributed by atoms with Crippen LogP contribution in [0.2, 0.25) is 10.0 Å². The normalized spacial score (nSPS) is 12.5. The summed E-state index contributed by atoms with van der Waals surface area (Å²) in [5.74, 6) is 0.352. The van der Waals surface area contributed by atoms with E-state index in [1.807, 2.05) is 0 Å². The molecule has 0 radical (unpaired) electrons. The summed E-state index contributed by atoms with van der Waals surface area (Å²) in [6, 6.07) is 5.12. The standard InChI is InChI=1S/C10H10Cl2N4O/c1-5(13)9-15-16-10(17-9)14-7-4-2-3-6(11)8(7)12/h2-5H,13H2,1H3,(H,14,16). The first-order chi connectivity index (χ1) is 8.08. The summed E-state index contributed by atoms with van der Waals surface area (Å²) >= 11 is 11.9. The highest BCUT2D eigenvalue weighted by molar-refractivity contribution is 6.43. The third kappa shape index (κ3) is 2.69. The Morgan fingerprint density at radius 3 is 2.76 bits per heavy atom. The molecule has 0 aliphatic rings. The molecule has 0 saturated carbocycles. The third-order valence-corrected chi connectivity index (χ3v) is 2.84. The number of aromatic nitrogens is 2. The average Bonchev–Trinajstić information content (AvgIpc) is 2.73. The summed E-state index contributed by atoms with van der Waals surface area (Å²) in [6.07, 6.45) is 0. The summed E-state index contributed by atoms with van der Waals surface area (Å²) in [4.78, 5) is 0. The summed E-state index contributed by atoms with van der Waals surface area (Å²) in [7, 11) is 0. The van der Waals surface area contributed by atoms with Crippen molar-refractivity contribution in [1.82, 2.24) is 10.2 Å². The molecular weight excluding hydrogens is 263 g/mol. The molecule has 7 heteroatoms. The Morgan fingerprint density at radius 2 is 2.12 bits per heavy atom. The van der Waals surface area contributed by atoms with Gasteiger partial charge in [-0.25, -0.2) is 0 Å². The minimum absolute atomic E-state index is 0.224. The van der Waals surface area contributed by atoms with Crippen LogP contribution in [-0.4, -0.2) is 10.2 Å². The van der Waals surface area contributed by atoms with Crippen LogP contribution in [-0.2, 0) is 0 Å². The van der Waals surface area contributed by atoms with Crippen molar-refractivity contribution in [3.8, 4) is 0 Å². The lowest BCUT2D eigenvalue weighted by Gasteiger charge is -2.04. The van der Waals surface area contributed by atoms with E-state index in [-0.39, 0.29) is 12.1 Å². The van der Waals surface area contributed by atoms with E-state index >= 15 is 0 Å². The molecule has 0 bridgehead atoms. The molecule has 0 saturated heterocycles. The summed E-state index contributed by atoms with van der Waals surface area (Å²) in [5.41, 5.74) is 6.20. The van der Waals surface area contributed by atoms with E-state index in [1.54, 1.807) is 25.1 Å². The van der Waals surface area contributed by atoms with Crippen LogP contribution < -0.4 is 11.1 Å². The molecule has 0 aliphatic carbocycles. The van der Waals surface area contributed by atoms with Crippen LogP contribution in [0.5, 0.6) is 0 Å². The number of anilines is 2. The topological polar surface area (TPSA) is 77.0 Å². The van der Waals surface area contributed by atoms with E-state index in [0.29, 0.717) is 21.6 Å². The van der Waals surface area contributed by atoms with Gasteiger partial charge in [0.2, 0.25) is 5.89 Å². The molecule has 1 aromatic heterocycles. The Balaban J connectivity index is 2.22. The Labute approximate surface area is 108 Å². The molecule has 1 heterocycles. The molecule has 17 heavy (non-hydrogen) atoms. The molecule has 1 aromatic carbocycles. The average molecular weight is 273 g/mol. The Bertz CT molecular complexity index is 527. The van der Waals surface area contributed by atoms with Gasteiger partial charge in [-0.1, -0.05) is 34.4 Å². The van der Waals surface area contributed by atoms with Crippen molar-refractivity contribution >= 4 is 34.9 Å². The SMILES string of the molecule is CC(N)c1nnc(Nc2cccc(Cl)c2Cl)o1. The van der Waals surface area contributed by atoms with Crippen LogP contribution in [0.3, 0.4) is 0 Å². The van der Waals surface area contributed by atoms with E-state index in [2.05, 4.69) is 15.5 Å². The monoisotopic (exact) mass is 272 g/mol. The molecule has 2 aromatic rings. The number of hydrogen-bond donors (Lipinski definition) is 2. The third-order valence-electron chi connectivity index (χ3n) is 2.02. The van der Waals surface area contributed by atoms with Crippen LogP contribution in [0, 0.1) is 0 Å². The fourth-order valence-corrected chi connectivity index (χ4v) is 1.53. The zero-order valence-electron chi connectivity index (χ0n) is 8.95. The molecule has 0 spiro atoms. The van der Waals surface area contributed by atoms with Gasteiger partial charge in [-0.3, -0.25) is 0 Å². The van der Waals surface area contributed by atoms with Gasteiger partial charge in [-0.2, -0.15) is 0 Å². The maximum absolute atomic E-state index is 6.00. The largest absolute Gasteiger partial charge is 0.406 e. The molecule has 1 atom stereocenters. The van der Waals surface area contributed by atoms with Crippen molar-refractivity contribution in [3.05, 3.63) is 34.1 Å². The number of hydrogen-bond acceptors (Lipinski definition) is 5. The highest BCUT2D eigenvalue weighted by Gasteiger charge is 2.11. The van der Waals surface area contributed by atoms with Crippen molar-refractivity contribution in [3.63, 3.8) is 0 Å². The van der Waals surface area contributed by atoms with E-state index in [9.17, 15) is 0 Å². The maximum atomic E-state index is 6.00. The lowest BCUT2D eigenvalue weighted by molar-refractivity contribution is 0.475. The number of halogens is 2. The highest BCUT2D eigenvalue weighted by atomic mass is 35.5. The van der Waals surface area contributed by atoms with Crippen molar-refractivity contribution in [2.24, 2.45) is 5.73 Å². The van der Waals surface area contributed by atoms with Crippen molar-refractivity contribution in [1.29, 1.82) is 0 Å².